The highest BCUT2D eigenvalue weighted by Crippen LogP contribution is 2.25. The lowest BCUT2D eigenvalue weighted by Crippen LogP contribution is -2.39. The average Bonchev–Trinajstić information content (AvgIpc) is 2.58. The first-order valence-electron chi connectivity index (χ1n) is 7.91. The van der Waals surface area contributed by atoms with E-state index in [2.05, 4.69) is 10.5 Å². The van der Waals surface area contributed by atoms with Crippen LogP contribution in [0.5, 0.6) is 0 Å². The van der Waals surface area contributed by atoms with Crippen molar-refractivity contribution in [2.75, 3.05) is 17.1 Å². The largest absolute Gasteiger partial charge is 0.271 e. The van der Waals surface area contributed by atoms with Crippen LogP contribution in [0.2, 0.25) is 5.02 Å². The second-order valence-electron chi connectivity index (χ2n) is 5.94. The topological polar surface area (TPSA) is 78.8 Å². The Hall–Kier alpha value is -2.45. The third-order valence-corrected chi connectivity index (χ3v) is 5.09. The predicted molar refractivity (Wildman–Crippen MR) is 105 cm³/mol. The van der Waals surface area contributed by atoms with Gasteiger partial charge in [0.05, 0.1) is 17.7 Å². The molecule has 2 aromatic carbocycles. The molecule has 0 bridgehead atoms. The van der Waals surface area contributed by atoms with Crippen LogP contribution in [0.1, 0.15) is 18.1 Å². The number of anilines is 1. The van der Waals surface area contributed by atoms with E-state index in [-0.39, 0.29) is 5.82 Å². The van der Waals surface area contributed by atoms with Gasteiger partial charge in [0.2, 0.25) is 10.0 Å². The van der Waals surface area contributed by atoms with E-state index < -0.39 is 22.5 Å². The van der Waals surface area contributed by atoms with Crippen LogP contribution in [0.25, 0.3) is 0 Å². The van der Waals surface area contributed by atoms with Gasteiger partial charge in [0, 0.05) is 5.02 Å². The first-order chi connectivity index (χ1) is 12.6. The third kappa shape index (κ3) is 5.77. The number of halogens is 2. The minimum atomic E-state index is -3.70. The Labute approximate surface area is 162 Å². The quantitative estimate of drug-likeness (QED) is 0.586. The molecule has 0 saturated carbocycles. The van der Waals surface area contributed by atoms with Crippen LogP contribution in [0.15, 0.2) is 47.6 Å². The summed E-state index contributed by atoms with van der Waals surface area (Å²) in [5, 5.41) is 4.41. The number of hydrazone groups is 1. The summed E-state index contributed by atoms with van der Waals surface area (Å²) < 4.78 is 38.2. The molecule has 2 aromatic rings. The van der Waals surface area contributed by atoms with E-state index in [1.807, 2.05) is 0 Å². The van der Waals surface area contributed by atoms with Gasteiger partial charge >= 0.3 is 0 Å². The SMILES string of the molecule is C/C(=N/NC(=O)CN(c1ccc(Cl)cc1C)S(C)(=O)=O)c1ccc(F)cc1. The maximum Gasteiger partial charge on any atom is 0.260 e. The van der Waals surface area contributed by atoms with Crippen molar-refractivity contribution in [3.8, 4) is 0 Å². The third-order valence-electron chi connectivity index (χ3n) is 3.73. The van der Waals surface area contributed by atoms with Crippen molar-refractivity contribution in [2.45, 2.75) is 13.8 Å². The van der Waals surface area contributed by atoms with Gasteiger partial charge in [-0.15, -0.1) is 0 Å². The van der Waals surface area contributed by atoms with Gasteiger partial charge in [-0.05, 0) is 55.3 Å². The second kappa shape index (κ2) is 8.49. The molecule has 6 nitrogen and oxygen atoms in total. The maximum atomic E-state index is 13.0. The van der Waals surface area contributed by atoms with E-state index in [9.17, 15) is 17.6 Å². The van der Waals surface area contributed by atoms with Gasteiger partial charge in [-0.2, -0.15) is 5.10 Å². The fourth-order valence-electron chi connectivity index (χ4n) is 2.35. The number of hydrogen-bond acceptors (Lipinski definition) is 4. The monoisotopic (exact) mass is 411 g/mol. The zero-order valence-electron chi connectivity index (χ0n) is 15.0. The standard InChI is InChI=1S/C18H19ClFN3O3S/c1-12-10-15(19)6-9-17(12)23(27(3,25)26)11-18(24)22-21-13(2)14-4-7-16(20)8-5-14/h4-10H,11H2,1-3H3,(H,22,24)/b21-13-. The van der Waals surface area contributed by atoms with Crippen LogP contribution in [0.4, 0.5) is 10.1 Å². The number of hydrogen-bond donors (Lipinski definition) is 1. The Morgan fingerprint density at radius 2 is 1.85 bits per heavy atom. The Morgan fingerprint density at radius 3 is 2.41 bits per heavy atom. The van der Waals surface area contributed by atoms with Gasteiger partial charge in [-0.25, -0.2) is 18.2 Å². The number of benzene rings is 2. The highest BCUT2D eigenvalue weighted by Gasteiger charge is 2.22. The summed E-state index contributed by atoms with van der Waals surface area (Å²) in [6.07, 6.45) is 1.02. The summed E-state index contributed by atoms with van der Waals surface area (Å²) in [4.78, 5) is 12.2. The molecule has 2 rings (SSSR count). The van der Waals surface area contributed by atoms with Crippen LogP contribution in [0, 0.1) is 12.7 Å². The highest BCUT2D eigenvalue weighted by atomic mass is 35.5. The van der Waals surface area contributed by atoms with E-state index in [0.717, 1.165) is 10.6 Å². The number of aryl methyl sites for hydroxylation is 1. The van der Waals surface area contributed by atoms with E-state index >= 15 is 0 Å². The normalized spacial score (nSPS) is 12.0. The number of nitrogens with zero attached hydrogens (tertiary/aromatic N) is 2. The van der Waals surface area contributed by atoms with Gasteiger partial charge in [0.1, 0.15) is 12.4 Å². The smallest absolute Gasteiger partial charge is 0.260 e. The summed E-state index contributed by atoms with van der Waals surface area (Å²) in [5.41, 5.74) is 4.38. The molecular weight excluding hydrogens is 393 g/mol. The summed E-state index contributed by atoms with van der Waals surface area (Å²) in [5.74, 6) is -0.992. The zero-order chi connectivity index (χ0) is 20.2. The van der Waals surface area contributed by atoms with Crippen LogP contribution < -0.4 is 9.73 Å². The minimum absolute atomic E-state index is 0.358. The molecular formula is C18H19ClFN3O3S. The van der Waals surface area contributed by atoms with Gasteiger partial charge in [0.15, 0.2) is 0 Å². The molecule has 0 radical (unpaired) electrons. The summed E-state index contributed by atoms with van der Waals surface area (Å²) in [6.45, 7) is 2.90. The Kier molecular flexibility index (Phi) is 6.56. The molecule has 0 aliphatic carbocycles. The molecule has 9 heteroatoms. The first kappa shape index (κ1) is 20.9. The summed E-state index contributed by atoms with van der Waals surface area (Å²) in [7, 11) is -3.70. The molecule has 0 fully saturated rings. The summed E-state index contributed by atoms with van der Waals surface area (Å²) in [6, 6.07) is 10.3. The molecule has 0 atom stereocenters. The van der Waals surface area contributed by atoms with Crippen LogP contribution >= 0.6 is 11.6 Å². The first-order valence-corrected chi connectivity index (χ1v) is 10.1. The molecule has 27 heavy (non-hydrogen) atoms. The molecule has 1 amide bonds. The van der Waals surface area contributed by atoms with Crippen molar-refractivity contribution in [1.82, 2.24) is 5.43 Å². The van der Waals surface area contributed by atoms with Gasteiger partial charge in [0.25, 0.3) is 5.91 Å². The fraction of sp³-hybridized carbons (Fsp3) is 0.222. The van der Waals surface area contributed by atoms with Crippen LogP contribution in [-0.2, 0) is 14.8 Å². The maximum absolute atomic E-state index is 13.0. The molecule has 0 heterocycles. The highest BCUT2D eigenvalue weighted by molar-refractivity contribution is 7.92. The zero-order valence-corrected chi connectivity index (χ0v) is 16.6. The number of sulfonamides is 1. The Balaban J connectivity index is 2.17. The molecule has 0 saturated heterocycles. The van der Waals surface area contributed by atoms with E-state index in [1.54, 1.807) is 32.0 Å². The molecule has 0 aliphatic rings. The van der Waals surface area contributed by atoms with Crippen molar-refractivity contribution in [3.63, 3.8) is 0 Å². The van der Waals surface area contributed by atoms with E-state index in [4.69, 9.17) is 11.6 Å². The average molecular weight is 412 g/mol. The van der Waals surface area contributed by atoms with Crippen molar-refractivity contribution < 1.29 is 17.6 Å². The van der Waals surface area contributed by atoms with Crippen LogP contribution in [-0.4, -0.2) is 32.8 Å². The molecule has 0 spiro atoms. The van der Waals surface area contributed by atoms with Crippen molar-refractivity contribution in [3.05, 3.63) is 64.4 Å². The lowest BCUT2D eigenvalue weighted by molar-refractivity contribution is -0.119. The van der Waals surface area contributed by atoms with Crippen molar-refractivity contribution in [2.24, 2.45) is 5.10 Å². The molecule has 144 valence electrons. The summed E-state index contributed by atoms with van der Waals surface area (Å²) >= 11 is 5.91. The number of carbonyl (C=O) groups is 1. The predicted octanol–water partition coefficient (Wildman–Crippen LogP) is 3.09. The van der Waals surface area contributed by atoms with Crippen molar-refractivity contribution in [1.29, 1.82) is 0 Å². The minimum Gasteiger partial charge on any atom is -0.271 e. The molecule has 1 N–H and O–H groups in total. The van der Waals surface area contributed by atoms with Gasteiger partial charge in [-0.3, -0.25) is 9.10 Å². The molecule has 0 unspecified atom stereocenters. The van der Waals surface area contributed by atoms with E-state index in [1.165, 1.54) is 24.3 Å². The Bertz CT molecular complexity index is 976. The number of carbonyl (C=O) groups excluding carboxylic acids is 1. The molecule has 0 aromatic heterocycles. The van der Waals surface area contributed by atoms with Crippen LogP contribution in [0.3, 0.4) is 0 Å². The van der Waals surface area contributed by atoms with Crippen molar-refractivity contribution >= 4 is 38.9 Å². The van der Waals surface area contributed by atoms with E-state index in [0.29, 0.717) is 27.5 Å². The molecule has 0 aliphatic heterocycles. The lowest BCUT2D eigenvalue weighted by atomic mass is 10.1. The number of amides is 1. The lowest BCUT2D eigenvalue weighted by Gasteiger charge is -2.23. The second-order valence-corrected chi connectivity index (χ2v) is 8.28. The van der Waals surface area contributed by atoms with Gasteiger partial charge < -0.3 is 0 Å². The fourth-order valence-corrected chi connectivity index (χ4v) is 3.49. The van der Waals surface area contributed by atoms with Gasteiger partial charge in [-0.1, -0.05) is 23.7 Å². The Morgan fingerprint density at radius 1 is 1.22 bits per heavy atom. The number of rotatable bonds is 6. The number of nitrogens with one attached hydrogen (secondary N) is 1.